The number of benzene rings is 1. The number of para-hydroxylation sites is 2. The minimum absolute atomic E-state index is 0.364. The molecule has 3 heteroatoms. The van der Waals surface area contributed by atoms with Crippen molar-refractivity contribution < 1.29 is 4.42 Å². The van der Waals surface area contributed by atoms with Crippen LogP contribution >= 0.6 is 0 Å². The Hall–Kier alpha value is -2.29. The van der Waals surface area contributed by atoms with Crippen molar-refractivity contribution in [2.24, 2.45) is 0 Å². The topological polar surface area (TPSA) is 31.0 Å². The lowest BCUT2D eigenvalue weighted by Crippen LogP contribution is -2.02. The highest BCUT2D eigenvalue weighted by Gasteiger charge is 2.10. The zero-order valence-electron chi connectivity index (χ0n) is 11.1. The SMILES string of the molecule is CC(C)n1c(/C=C/c2ccco2)nc2ccccc21. The molecule has 1 aromatic carbocycles. The summed E-state index contributed by atoms with van der Waals surface area (Å²) < 4.78 is 7.54. The molecule has 0 aliphatic carbocycles. The summed E-state index contributed by atoms with van der Waals surface area (Å²) in [5, 5.41) is 0. The first kappa shape index (κ1) is 11.8. The fourth-order valence-corrected chi connectivity index (χ4v) is 2.27. The summed E-state index contributed by atoms with van der Waals surface area (Å²) in [6.07, 6.45) is 5.62. The zero-order chi connectivity index (χ0) is 13.2. The lowest BCUT2D eigenvalue weighted by molar-refractivity contribution is 0.557. The van der Waals surface area contributed by atoms with Crippen LogP contribution in [-0.4, -0.2) is 9.55 Å². The number of aromatic nitrogens is 2. The molecular weight excluding hydrogens is 236 g/mol. The molecule has 3 nitrogen and oxygen atoms in total. The predicted octanol–water partition coefficient (Wildman–Crippen LogP) is 4.38. The van der Waals surface area contributed by atoms with Crippen LogP contribution in [0, 0.1) is 0 Å². The van der Waals surface area contributed by atoms with E-state index in [4.69, 9.17) is 4.42 Å². The summed E-state index contributed by atoms with van der Waals surface area (Å²) in [5.41, 5.74) is 2.19. The van der Waals surface area contributed by atoms with Gasteiger partial charge in [-0.05, 0) is 50.3 Å². The van der Waals surface area contributed by atoms with Crippen molar-refractivity contribution in [3.05, 3.63) is 54.2 Å². The van der Waals surface area contributed by atoms with E-state index >= 15 is 0 Å². The lowest BCUT2D eigenvalue weighted by Gasteiger charge is -2.10. The summed E-state index contributed by atoms with van der Waals surface area (Å²) in [5.74, 6) is 1.79. The van der Waals surface area contributed by atoms with Crippen LogP contribution in [0.3, 0.4) is 0 Å². The van der Waals surface area contributed by atoms with Gasteiger partial charge in [0.25, 0.3) is 0 Å². The van der Waals surface area contributed by atoms with Gasteiger partial charge in [0, 0.05) is 6.04 Å². The summed E-state index contributed by atoms with van der Waals surface area (Å²) in [6.45, 7) is 4.33. The van der Waals surface area contributed by atoms with E-state index in [1.54, 1.807) is 6.26 Å². The van der Waals surface area contributed by atoms with Gasteiger partial charge in [0.1, 0.15) is 11.6 Å². The maximum Gasteiger partial charge on any atom is 0.134 e. The Labute approximate surface area is 112 Å². The first-order chi connectivity index (χ1) is 9.25. The molecule has 2 aromatic heterocycles. The molecule has 0 aliphatic rings. The average molecular weight is 252 g/mol. The largest absolute Gasteiger partial charge is 0.465 e. The minimum atomic E-state index is 0.364. The first-order valence-corrected chi connectivity index (χ1v) is 6.44. The van der Waals surface area contributed by atoms with Gasteiger partial charge in [0.2, 0.25) is 0 Å². The van der Waals surface area contributed by atoms with Crippen LogP contribution in [0.4, 0.5) is 0 Å². The van der Waals surface area contributed by atoms with Gasteiger partial charge in [-0.1, -0.05) is 12.1 Å². The highest BCUT2D eigenvalue weighted by molar-refractivity contribution is 5.79. The van der Waals surface area contributed by atoms with E-state index in [1.807, 2.05) is 42.5 Å². The van der Waals surface area contributed by atoms with Crippen molar-refractivity contribution >= 4 is 23.2 Å². The average Bonchev–Trinajstić information content (AvgIpc) is 3.03. The van der Waals surface area contributed by atoms with E-state index in [9.17, 15) is 0 Å². The molecular formula is C16H16N2O. The van der Waals surface area contributed by atoms with Crippen LogP contribution in [0.15, 0.2) is 47.1 Å². The third kappa shape index (κ3) is 2.19. The van der Waals surface area contributed by atoms with Crippen molar-refractivity contribution in [1.82, 2.24) is 9.55 Å². The monoisotopic (exact) mass is 252 g/mol. The molecule has 0 N–H and O–H groups in total. The molecule has 0 saturated heterocycles. The highest BCUT2D eigenvalue weighted by Crippen LogP contribution is 2.22. The normalized spacial score (nSPS) is 11.9. The predicted molar refractivity (Wildman–Crippen MR) is 77.8 cm³/mol. The van der Waals surface area contributed by atoms with Gasteiger partial charge >= 0.3 is 0 Å². The molecule has 96 valence electrons. The van der Waals surface area contributed by atoms with Crippen LogP contribution in [0.2, 0.25) is 0 Å². The molecule has 0 atom stereocenters. The Bertz CT molecular complexity index is 706. The fourth-order valence-electron chi connectivity index (χ4n) is 2.27. The number of rotatable bonds is 3. The molecule has 3 aromatic rings. The Morgan fingerprint density at radius 1 is 1.11 bits per heavy atom. The van der Waals surface area contributed by atoms with Gasteiger partial charge in [0.05, 0.1) is 17.3 Å². The first-order valence-electron chi connectivity index (χ1n) is 6.44. The van der Waals surface area contributed by atoms with Gasteiger partial charge in [-0.3, -0.25) is 0 Å². The van der Waals surface area contributed by atoms with Crippen molar-refractivity contribution in [1.29, 1.82) is 0 Å². The summed E-state index contributed by atoms with van der Waals surface area (Å²) in [6, 6.07) is 12.4. The number of hydrogen-bond acceptors (Lipinski definition) is 2. The Morgan fingerprint density at radius 3 is 2.68 bits per heavy atom. The molecule has 19 heavy (non-hydrogen) atoms. The Kier molecular flexibility index (Phi) is 2.95. The Morgan fingerprint density at radius 2 is 1.95 bits per heavy atom. The summed E-state index contributed by atoms with van der Waals surface area (Å²) >= 11 is 0. The van der Waals surface area contributed by atoms with Crippen LogP contribution < -0.4 is 0 Å². The van der Waals surface area contributed by atoms with E-state index < -0.39 is 0 Å². The summed E-state index contributed by atoms with van der Waals surface area (Å²) in [4.78, 5) is 4.67. The van der Waals surface area contributed by atoms with Crippen LogP contribution in [0.5, 0.6) is 0 Å². The maximum atomic E-state index is 5.31. The second-order valence-corrected chi connectivity index (χ2v) is 4.77. The number of nitrogens with zero attached hydrogens (tertiary/aromatic N) is 2. The zero-order valence-corrected chi connectivity index (χ0v) is 11.1. The third-order valence-corrected chi connectivity index (χ3v) is 3.08. The number of imidazole rings is 1. The molecule has 0 amide bonds. The molecule has 0 bridgehead atoms. The number of hydrogen-bond donors (Lipinski definition) is 0. The van der Waals surface area contributed by atoms with E-state index in [0.717, 1.165) is 22.6 Å². The van der Waals surface area contributed by atoms with Crippen molar-refractivity contribution in [3.8, 4) is 0 Å². The maximum absolute atomic E-state index is 5.31. The van der Waals surface area contributed by atoms with Gasteiger partial charge in [0.15, 0.2) is 0 Å². The molecule has 0 fully saturated rings. The summed E-state index contributed by atoms with van der Waals surface area (Å²) in [7, 11) is 0. The van der Waals surface area contributed by atoms with E-state index in [1.165, 1.54) is 0 Å². The highest BCUT2D eigenvalue weighted by atomic mass is 16.3. The van der Waals surface area contributed by atoms with E-state index in [-0.39, 0.29) is 0 Å². The fraction of sp³-hybridized carbons (Fsp3) is 0.188. The molecule has 0 saturated carbocycles. The minimum Gasteiger partial charge on any atom is -0.465 e. The smallest absolute Gasteiger partial charge is 0.134 e. The number of fused-ring (bicyclic) bond motifs is 1. The molecule has 0 spiro atoms. The van der Waals surface area contributed by atoms with E-state index in [2.05, 4.69) is 29.5 Å². The van der Waals surface area contributed by atoms with Crippen molar-refractivity contribution in [2.75, 3.05) is 0 Å². The lowest BCUT2D eigenvalue weighted by atomic mass is 10.3. The standard InChI is InChI=1S/C16H16N2O/c1-12(2)18-15-8-4-3-7-14(15)17-16(18)10-9-13-6-5-11-19-13/h3-12H,1-2H3/b10-9+. The second-order valence-electron chi connectivity index (χ2n) is 4.77. The van der Waals surface area contributed by atoms with Gasteiger partial charge in [-0.15, -0.1) is 0 Å². The van der Waals surface area contributed by atoms with Crippen LogP contribution in [0.25, 0.3) is 23.2 Å². The molecule has 3 rings (SSSR count). The van der Waals surface area contributed by atoms with E-state index in [0.29, 0.717) is 6.04 Å². The van der Waals surface area contributed by atoms with Gasteiger partial charge < -0.3 is 8.98 Å². The van der Waals surface area contributed by atoms with Crippen LogP contribution in [-0.2, 0) is 0 Å². The molecule has 0 unspecified atom stereocenters. The molecule has 0 aliphatic heterocycles. The quantitative estimate of drug-likeness (QED) is 0.692. The number of furan rings is 1. The molecule has 2 heterocycles. The van der Waals surface area contributed by atoms with Crippen molar-refractivity contribution in [2.45, 2.75) is 19.9 Å². The van der Waals surface area contributed by atoms with Gasteiger partial charge in [-0.25, -0.2) is 4.98 Å². The Balaban J connectivity index is 2.10. The third-order valence-electron chi connectivity index (χ3n) is 3.08. The van der Waals surface area contributed by atoms with Gasteiger partial charge in [-0.2, -0.15) is 0 Å². The van der Waals surface area contributed by atoms with Crippen LogP contribution in [0.1, 0.15) is 31.5 Å². The molecule has 0 radical (unpaired) electrons. The second kappa shape index (κ2) is 4.76. The van der Waals surface area contributed by atoms with Crippen molar-refractivity contribution in [3.63, 3.8) is 0 Å².